The largest absolute Gasteiger partial charge is 0.478 e. The molecule has 1 atom stereocenters. The monoisotopic (exact) mass is 352 g/mol. The average Bonchev–Trinajstić information content (AvgIpc) is 2.57. The first-order chi connectivity index (χ1) is 11.5. The molecule has 0 aromatic heterocycles. The Morgan fingerprint density at radius 1 is 0.875 bits per heavy atom. The van der Waals surface area contributed by atoms with Crippen molar-refractivity contribution in [3.8, 4) is 0 Å². The Labute approximate surface area is 144 Å². The lowest BCUT2D eigenvalue weighted by Crippen LogP contribution is -1.90. The zero-order valence-corrected chi connectivity index (χ0v) is 15.0. The van der Waals surface area contributed by atoms with Crippen molar-refractivity contribution in [3.63, 3.8) is 0 Å². The topological polar surface area (TPSA) is 88.5 Å². The first-order valence-electron chi connectivity index (χ1n) is 7.90. The smallest absolute Gasteiger partial charge is 0.320 e. The second kappa shape index (κ2) is 14.7. The minimum atomic E-state index is -0.778. The third kappa shape index (κ3) is 12.7. The molecule has 0 aliphatic carbocycles. The maximum atomic E-state index is 11.0. The standard InChI is InChI=1S/C18H25O5P/c1-15(12-19)6-4-8-17(14-21)10-5-9-16(13-20)7-2-3-11-24-18(22)23/h6-7,10,12-14,24H,2-5,8-9,11H2,1H3,(H,22,23)/b15-6?,16-7+,17-10+. The second-order valence-electron chi connectivity index (χ2n) is 5.31. The summed E-state index contributed by atoms with van der Waals surface area (Å²) in [7, 11) is -0.0881. The molecule has 0 spiro atoms. The summed E-state index contributed by atoms with van der Waals surface area (Å²) in [5, 5.41) is 8.55. The Morgan fingerprint density at radius 2 is 1.42 bits per heavy atom. The van der Waals surface area contributed by atoms with E-state index in [1.807, 2.05) is 12.2 Å². The number of unbranched alkanes of at least 4 members (excludes halogenated alkanes) is 1. The maximum Gasteiger partial charge on any atom is 0.320 e. The highest BCUT2D eigenvalue weighted by molar-refractivity contribution is 7.57. The summed E-state index contributed by atoms with van der Waals surface area (Å²) in [6.07, 6.45) is 12.3. The number of carbonyl (C=O) groups excluding carboxylic acids is 3. The van der Waals surface area contributed by atoms with Crippen molar-refractivity contribution in [2.24, 2.45) is 0 Å². The van der Waals surface area contributed by atoms with E-state index in [0.717, 1.165) is 25.3 Å². The lowest BCUT2D eigenvalue weighted by atomic mass is 10.1. The van der Waals surface area contributed by atoms with E-state index in [0.29, 0.717) is 55.0 Å². The van der Waals surface area contributed by atoms with E-state index >= 15 is 0 Å². The molecule has 132 valence electrons. The van der Waals surface area contributed by atoms with E-state index in [2.05, 4.69) is 0 Å². The number of carboxylic acid groups (broad SMARTS) is 1. The van der Waals surface area contributed by atoms with Gasteiger partial charge in [0.15, 0.2) is 0 Å². The summed E-state index contributed by atoms with van der Waals surface area (Å²) in [5.74, 6) is 0. The third-order valence-corrected chi connectivity index (χ3v) is 4.20. The first kappa shape index (κ1) is 22.1. The minimum absolute atomic E-state index is 0.0881. The predicted molar refractivity (Wildman–Crippen MR) is 97.0 cm³/mol. The van der Waals surface area contributed by atoms with Gasteiger partial charge in [0.05, 0.1) is 0 Å². The van der Waals surface area contributed by atoms with Crippen LogP contribution in [0.3, 0.4) is 0 Å². The molecule has 0 heterocycles. The van der Waals surface area contributed by atoms with Crippen molar-refractivity contribution in [1.29, 1.82) is 0 Å². The van der Waals surface area contributed by atoms with Gasteiger partial charge in [0.25, 0.3) is 0 Å². The summed E-state index contributed by atoms with van der Waals surface area (Å²) in [5.41, 5.74) is 1.21. The van der Waals surface area contributed by atoms with Gasteiger partial charge >= 0.3 is 5.71 Å². The molecule has 5 nitrogen and oxygen atoms in total. The van der Waals surface area contributed by atoms with E-state index in [-0.39, 0.29) is 8.58 Å². The number of allylic oxidation sites excluding steroid dienone is 6. The molecule has 0 radical (unpaired) electrons. The van der Waals surface area contributed by atoms with Crippen molar-refractivity contribution in [3.05, 3.63) is 34.9 Å². The van der Waals surface area contributed by atoms with Gasteiger partial charge in [-0.25, -0.2) is 4.79 Å². The number of hydrogen-bond acceptors (Lipinski definition) is 4. The molecule has 1 N–H and O–H groups in total. The number of rotatable bonds is 14. The van der Waals surface area contributed by atoms with Gasteiger partial charge in [-0.2, -0.15) is 0 Å². The molecule has 0 aliphatic heterocycles. The Kier molecular flexibility index (Phi) is 13.6. The highest BCUT2D eigenvalue weighted by Crippen LogP contribution is 2.15. The van der Waals surface area contributed by atoms with Crippen molar-refractivity contribution in [2.75, 3.05) is 6.16 Å². The van der Waals surface area contributed by atoms with Crippen LogP contribution in [0.5, 0.6) is 0 Å². The SMILES string of the molecule is CC(C=O)=CCC/C(C=O)=C\CC/C(C=O)=C\CCCPC(=O)O. The molecule has 1 unspecified atom stereocenters. The van der Waals surface area contributed by atoms with Gasteiger partial charge in [-0.3, -0.25) is 14.4 Å². The van der Waals surface area contributed by atoms with Crippen molar-refractivity contribution < 1.29 is 24.3 Å². The van der Waals surface area contributed by atoms with Crippen LogP contribution in [-0.2, 0) is 14.4 Å². The number of carbonyl (C=O) groups is 4. The third-order valence-electron chi connectivity index (χ3n) is 3.29. The summed E-state index contributed by atoms with van der Waals surface area (Å²) in [6.45, 7) is 1.72. The zero-order valence-electron chi connectivity index (χ0n) is 14.0. The van der Waals surface area contributed by atoms with Gasteiger partial charge in [0.1, 0.15) is 18.9 Å². The molecular weight excluding hydrogens is 327 g/mol. The summed E-state index contributed by atoms with van der Waals surface area (Å²) >= 11 is 0. The summed E-state index contributed by atoms with van der Waals surface area (Å²) in [4.78, 5) is 42.9. The molecule has 0 fully saturated rings. The van der Waals surface area contributed by atoms with Crippen molar-refractivity contribution in [1.82, 2.24) is 0 Å². The van der Waals surface area contributed by atoms with Gasteiger partial charge in [-0.05, 0) is 76.9 Å². The first-order valence-corrected chi connectivity index (χ1v) is 9.11. The van der Waals surface area contributed by atoms with Crippen LogP contribution < -0.4 is 0 Å². The molecule has 0 aliphatic rings. The Balaban J connectivity index is 4.23. The summed E-state index contributed by atoms with van der Waals surface area (Å²) in [6, 6.07) is 0. The molecule has 6 heteroatoms. The molecule has 0 rings (SSSR count). The zero-order chi connectivity index (χ0) is 18.2. The fourth-order valence-electron chi connectivity index (χ4n) is 1.94. The molecule has 0 aromatic rings. The Bertz CT molecular complexity index is 518. The van der Waals surface area contributed by atoms with Crippen LogP contribution in [0.2, 0.25) is 0 Å². The van der Waals surface area contributed by atoms with Crippen LogP contribution in [-0.4, -0.2) is 35.8 Å². The van der Waals surface area contributed by atoms with Gasteiger partial charge < -0.3 is 5.11 Å². The van der Waals surface area contributed by atoms with E-state index in [9.17, 15) is 19.2 Å². The number of hydrogen-bond donors (Lipinski definition) is 1. The highest BCUT2D eigenvalue weighted by Gasteiger charge is 1.99. The highest BCUT2D eigenvalue weighted by atomic mass is 31.1. The molecular formula is C18H25O5P. The van der Waals surface area contributed by atoms with Crippen LogP contribution in [0.4, 0.5) is 4.79 Å². The molecule has 0 saturated heterocycles. The maximum absolute atomic E-state index is 11.0. The van der Waals surface area contributed by atoms with Crippen LogP contribution in [0.1, 0.15) is 45.4 Å². The van der Waals surface area contributed by atoms with Crippen LogP contribution in [0.15, 0.2) is 34.9 Å². The van der Waals surface area contributed by atoms with Gasteiger partial charge in [0.2, 0.25) is 0 Å². The molecule has 0 amide bonds. The molecule has 0 aromatic carbocycles. The fourth-order valence-corrected chi connectivity index (χ4v) is 2.54. The molecule has 24 heavy (non-hydrogen) atoms. The fraction of sp³-hybridized carbons (Fsp3) is 0.444. The van der Waals surface area contributed by atoms with E-state index in [1.165, 1.54) is 0 Å². The van der Waals surface area contributed by atoms with Crippen LogP contribution >= 0.6 is 8.58 Å². The van der Waals surface area contributed by atoms with Gasteiger partial charge in [0, 0.05) is 0 Å². The molecule has 0 saturated carbocycles. The Hall–Kier alpha value is -1.87. The van der Waals surface area contributed by atoms with Gasteiger partial charge in [-0.1, -0.05) is 18.2 Å². The van der Waals surface area contributed by atoms with Gasteiger partial charge in [-0.15, -0.1) is 0 Å². The van der Waals surface area contributed by atoms with E-state index in [4.69, 9.17) is 5.11 Å². The van der Waals surface area contributed by atoms with E-state index in [1.54, 1.807) is 13.0 Å². The number of aldehydes is 3. The van der Waals surface area contributed by atoms with Crippen LogP contribution in [0, 0.1) is 0 Å². The lowest BCUT2D eigenvalue weighted by molar-refractivity contribution is -0.105. The average molecular weight is 352 g/mol. The van der Waals surface area contributed by atoms with Crippen LogP contribution in [0.25, 0.3) is 0 Å². The molecule has 0 bridgehead atoms. The Morgan fingerprint density at radius 3 is 1.92 bits per heavy atom. The predicted octanol–water partition coefficient (Wildman–Crippen LogP) is 4.08. The normalized spacial score (nSPS) is 13.3. The van der Waals surface area contributed by atoms with Crippen molar-refractivity contribution >= 4 is 33.1 Å². The van der Waals surface area contributed by atoms with Crippen molar-refractivity contribution in [2.45, 2.75) is 45.4 Å². The lowest BCUT2D eigenvalue weighted by Gasteiger charge is -2.00. The van der Waals surface area contributed by atoms with E-state index < -0.39 is 5.71 Å². The minimum Gasteiger partial charge on any atom is -0.478 e. The quantitative estimate of drug-likeness (QED) is 0.220. The summed E-state index contributed by atoms with van der Waals surface area (Å²) < 4.78 is 0. The second-order valence-corrected chi connectivity index (χ2v) is 6.59.